The first-order valence-corrected chi connectivity index (χ1v) is 11.5. The fraction of sp³-hybridized carbons (Fsp3) is 0.381. The van der Waals surface area contributed by atoms with E-state index in [-0.39, 0.29) is 12.2 Å². The van der Waals surface area contributed by atoms with Gasteiger partial charge in [0.05, 0.1) is 26.2 Å². The Morgan fingerprint density at radius 3 is 2.30 bits per heavy atom. The van der Waals surface area contributed by atoms with Gasteiger partial charge in [0, 0.05) is 30.5 Å². The van der Waals surface area contributed by atoms with Crippen molar-refractivity contribution in [2.24, 2.45) is 0 Å². The second-order valence-corrected chi connectivity index (χ2v) is 9.00. The molecular weight excluding hydrogens is 406 g/mol. The van der Waals surface area contributed by atoms with Crippen molar-refractivity contribution in [2.75, 3.05) is 54.6 Å². The molecule has 1 aliphatic heterocycles. The molecule has 0 bridgehead atoms. The van der Waals surface area contributed by atoms with Crippen molar-refractivity contribution in [3.8, 4) is 11.5 Å². The van der Waals surface area contributed by atoms with E-state index in [4.69, 9.17) is 9.47 Å². The smallest absolute Gasteiger partial charge is 0.245 e. The summed E-state index contributed by atoms with van der Waals surface area (Å²) in [5.41, 5.74) is 1.99. The third-order valence-corrected chi connectivity index (χ3v) is 6.09. The van der Waals surface area contributed by atoms with Gasteiger partial charge < -0.3 is 19.7 Å². The summed E-state index contributed by atoms with van der Waals surface area (Å²) in [5, 5.41) is 2.76. The number of carbonyl (C=O) groups excluding carboxylic acids is 1. The molecule has 0 saturated carbocycles. The molecule has 30 heavy (non-hydrogen) atoms. The molecule has 1 aliphatic rings. The van der Waals surface area contributed by atoms with Gasteiger partial charge >= 0.3 is 0 Å². The highest BCUT2D eigenvalue weighted by Crippen LogP contribution is 2.33. The Balaban J connectivity index is 1.75. The summed E-state index contributed by atoms with van der Waals surface area (Å²) in [4.78, 5) is 14.9. The highest BCUT2D eigenvalue weighted by molar-refractivity contribution is 7.92. The normalized spacial score (nSPS) is 13.8. The van der Waals surface area contributed by atoms with E-state index in [2.05, 4.69) is 10.2 Å². The highest BCUT2D eigenvalue weighted by atomic mass is 32.2. The molecule has 9 heteroatoms. The van der Waals surface area contributed by atoms with Gasteiger partial charge in [0.15, 0.2) is 0 Å². The third kappa shape index (κ3) is 5.15. The second kappa shape index (κ2) is 9.25. The average Bonchev–Trinajstić information content (AvgIpc) is 3.26. The minimum atomic E-state index is -3.73. The lowest BCUT2D eigenvalue weighted by molar-refractivity contribution is -0.114. The molecule has 0 aliphatic carbocycles. The minimum Gasteiger partial charge on any atom is -0.497 e. The van der Waals surface area contributed by atoms with E-state index >= 15 is 0 Å². The maximum Gasteiger partial charge on any atom is 0.245 e. The van der Waals surface area contributed by atoms with Crippen LogP contribution in [-0.2, 0) is 14.8 Å². The molecule has 8 nitrogen and oxygen atoms in total. The maximum atomic E-state index is 12.6. The van der Waals surface area contributed by atoms with Crippen molar-refractivity contribution in [1.82, 2.24) is 0 Å². The highest BCUT2D eigenvalue weighted by Gasteiger charge is 2.24. The zero-order chi connectivity index (χ0) is 21.7. The number of hydrogen-bond donors (Lipinski definition) is 1. The number of rotatable bonds is 8. The van der Waals surface area contributed by atoms with E-state index in [1.165, 1.54) is 27.1 Å². The molecule has 0 atom stereocenters. The van der Waals surface area contributed by atoms with Gasteiger partial charge in [0.1, 0.15) is 18.0 Å². The molecule has 1 heterocycles. The van der Waals surface area contributed by atoms with Crippen LogP contribution in [-0.4, -0.2) is 54.4 Å². The molecular formula is C21H27N3O5S. The summed E-state index contributed by atoms with van der Waals surface area (Å²) in [6.07, 6.45) is 3.43. The fourth-order valence-corrected chi connectivity index (χ4v) is 4.29. The average molecular weight is 434 g/mol. The quantitative estimate of drug-likeness (QED) is 0.689. The Morgan fingerprint density at radius 2 is 1.73 bits per heavy atom. The number of anilines is 3. The Labute approximate surface area is 177 Å². The molecule has 0 spiro atoms. The van der Waals surface area contributed by atoms with Gasteiger partial charge in [-0.15, -0.1) is 0 Å². The number of methoxy groups -OCH3 is 2. The first kappa shape index (κ1) is 21.8. The van der Waals surface area contributed by atoms with Crippen molar-refractivity contribution >= 4 is 33.0 Å². The zero-order valence-corrected chi connectivity index (χ0v) is 18.2. The summed E-state index contributed by atoms with van der Waals surface area (Å²) >= 11 is 0. The zero-order valence-electron chi connectivity index (χ0n) is 17.4. The van der Waals surface area contributed by atoms with Crippen LogP contribution in [0.1, 0.15) is 12.8 Å². The van der Waals surface area contributed by atoms with E-state index in [0.29, 0.717) is 17.2 Å². The van der Waals surface area contributed by atoms with Crippen LogP contribution >= 0.6 is 0 Å². The lowest BCUT2D eigenvalue weighted by atomic mass is 10.2. The molecule has 1 amide bonds. The van der Waals surface area contributed by atoms with Crippen molar-refractivity contribution in [3.63, 3.8) is 0 Å². The molecule has 1 fully saturated rings. The first-order chi connectivity index (χ1) is 14.3. The molecule has 0 aromatic heterocycles. The number of hydrogen-bond acceptors (Lipinski definition) is 6. The fourth-order valence-electron chi connectivity index (χ4n) is 3.43. The van der Waals surface area contributed by atoms with Gasteiger partial charge in [-0.3, -0.25) is 9.10 Å². The Hall–Kier alpha value is -2.94. The Kier molecular flexibility index (Phi) is 6.71. The number of nitrogens with one attached hydrogen (secondary N) is 1. The van der Waals surface area contributed by atoms with Crippen LogP contribution in [0.15, 0.2) is 42.5 Å². The number of sulfonamides is 1. The number of carbonyl (C=O) groups is 1. The molecule has 162 valence electrons. The number of amides is 1. The molecule has 1 saturated heterocycles. The van der Waals surface area contributed by atoms with E-state index in [0.717, 1.165) is 29.3 Å². The minimum absolute atomic E-state index is 0.264. The van der Waals surface area contributed by atoms with E-state index in [1.54, 1.807) is 18.2 Å². The van der Waals surface area contributed by atoms with Crippen LogP contribution < -0.4 is 24.0 Å². The summed E-state index contributed by atoms with van der Waals surface area (Å²) in [5.74, 6) is 0.362. The van der Waals surface area contributed by atoms with Crippen LogP contribution in [0.3, 0.4) is 0 Å². The largest absolute Gasteiger partial charge is 0.497 e. The van der Waals surface area contributed by atoms with Gasteiger partial charge in [-0.25, -0.2) is 8.42 Å². The summed E-state index contributed by atoms with van der Waals surface area (Å²) in [6, 6.07) is 12.3. The first-order valence-electron chi connectivity index (χ1n) is 9.66. The van der Waals surface area contributed by atoms with Crippen molar-refractivity contribution in [1.29, 1.82) is 0 Å². The van der Waals surface area contributed by atoms with E-state index < -0.39 is 15.9 Å². The monoisotopic (exact) mass is 433 g/mol. The molecule has 1 N–H and O–H groups in total. The summed E-state index contributed by atoms with van der Waals surface area (Å²) in [7, 11) is -0.794. The lowest BCUT2D eigenvalue weighted by Crippen LogP contribution is -2.37. The van der Waals surface area contributed by atoms with Crippen LogP contribution in [0.4, 0.5) is 17.1 Å². The Bertz CT molecular complexity index is 986. The predicted octanol–water partition coefficient (Wildman–Crippen LogP) is 2.71. The number of benzene rings is 2. The summed E-state index contributed by atoms with van der Waals surface area (Å²) < 4.78 is 36.2. The van der Waals surface area contributed by atoms with Crippen LogP contribution in [0.5, 0.6) is 11.5 Å². The molecule has 2 aromatic rings. The van der Waals surface area contributed by atoms with Gasteiger partial charge in [-0.05, 0) is 49.2 Å². The Morgan fingerprint density at radius 1 is 1.07 bits per heavy atom. The van der Waals surface area contributed by atoms with Gasteiger partial charge in [0.2, 0.25) is 15.9 Å². The predicted molar refractivity (Wildman–Crippen MR) is 118 cm³/mol. The van der Waals surface area contributed by atoms with Crippen LogP contribution in [0, 0.1) is 0 Å². The van der Waals surface area contributed by atoms with Crippen molar-refractivity contribution in [3.05, 3.63) is 42.5 Å². The maximum absolute atomic E-state index is 12.6. The standard InChI is InChI=1S/C21H27N3O5S/c1-28-18-10-11-19(20(14-18)29-2)24(30(3,26)27)15-21(25)22-16-6-8-17(9-7-16)23-12-4-5-13-23/h6-11,14H,4-5,12-13,15H2,1-3H3,(H,22,25). The van der Waals surface area contributed by atoms with Crippen LogP contribution in [0.25, 0.3) is 0 Å². The molecule has 2 aromatic carbocycles. The SMILES string of the molecule is COc1ccc(N(CC(=O)Nc2ccc(N3CCCC3)cc2)S(C)(=O)=O)c(OC)c1. The van der Waals surface area contributed by atoms with E-state index in [9.17, 15) is 13.2 Å². The van der Waals surface area contributed by atoms with Crippen LogP contribution in [0.2, 0.25) is 0 Å². The number of nitrogens with zero attached hydrogens (tertiary/aromatic N) is 2. The van der Waals surface area contributed by atoms with Gasteiger partial charge in [0.25, 0.3) is 0 Å². The summed E-state index contributed by atoms with van der Waals surface area (Å²) in [6.45, 7) is 1.70. The molecule has 3 rings (SSSR count). The molecule has 0 unspecified atom stereocenters. The number of ether oxygens (including phenoxy) is 2. The van der Waals surface area contributed by atoms with E-state index in [1.807, 2.05) is 24.3 Å². The van der Waals surface area contributed by atoms with Gasteiger partial charge in [-0.2, -0.15) is 0 Å². The van der Waals surface area contributed by atoms with Gasteiger partial charge in [-0.1, -0.05) is 0 Å². The van der Waals surface area contributed by atoms with Crippen molar-refractivity contribution < 1.29 is 22.7 Å². The second-order valence-electron chi connectivity index (χ2n) is 7.10. The molecule has 0 radical (unpaired) electrons. The lowest BCUT2D eigenvalue weighted by Gasteiger charge is -2.24. The third-order valence-electron chi connectivity index (χ3n) is 4.97. The van der Waals surface area contributed by atoms with Crippen molar-refractivity contribution in [2.45, 2.75) is 12.8 Å². The topological polar surface area (TPSA) is 88.2 Å².